The largest absolute Gasteiger partial charge is 0.382 e. The molecule has 88 valence electrons. The van der Waals surface area contributed by atoms with Crippen LogP contribution in [0.1, 0.15) is 23.7 Å². The van der Waals surface area contributed by atoms with Gasteiger partial charge in [0.1, 0.15) is 4.64 Å². The lowest BCUT2D eigenvalue weighted by molar-refractivity contribution is 0.0999. The van der Waals surface area contributed by atoms with Crippen molar-refractivity contribution in [1.29, 1.82) is 0 Å². The highest BCUT2D eigenvalue weighted by molar-refractivity contribution is 7.71. The quantitative estimate of drug-likeness (QED) is 0.608. The number of aryl methyl sites for hydroxylation is 1. The summed E-state index contributed by atoms with van der Waals surface area (Å²) < 4.78 is 7.57. The van der Waals surface area contributed by atoms with Crippen LogP contribution < -0.4 is 5.73 Å². The number of hydrogen-bond donors (Lipinski definition) is 1. The van der Waals surface area contributed by atoms with Crippen LogP contribution in [0.3, 0.4) is 0 Å². The lowest BCUT2D eigenvalue weighted by Gasteiger charge is -2.08. The third-order valence-electron chi connectivity index (χ3n) is 2.18. The molecule has 1 rings (SSSR count). The topological polar surface area (TPSA) is 57.2 Å². The minimum atomic E-state index is -0.482. The van der Waals surface area contributed by atoms with E-state index in [1.54, 1.807) is 12.1 Å². The SMILES string of the molecule is CCOCCCn1cccc(C(N)=O)c1=S. The van der Waals surface area contributed by atoms with Gasteiger partial charge in [-0.2, -0.15) is 0 Å². The number of rotatable bonds is 6. The molecule has 5 heteroatoms. The number of carbonyl (C=O) groups is 1. The molecule has 1 amide bonds. The van der Waals surface area contributed by atoms with Crippen LogP contribution in [-0.4, -0.2) is 23.7 Å². The van der Waals surface area contributed by atoms with E-state index in [2.05, 4.69) is 0 Å². The van der Waals surface area contributed by atoms with Crippen molar-refractivity contribution in [1.82, 2.24) is 4.57 Å². The zero-order valence-electron chi connectivity index (χ0n) is 9.31. The molecule has 0 atom stereocenters. The van der Waals surface area contributed by atoms with Crippen LogP contribution in [0.15, 0.2) is 18.3 Å². The molecule has 1 aromatic rings. The van der Waals surface area contributed by atoms with E-state index in [0.717, 1.165) is 13.0 Å². The summed E-state index contributed by atoms with van der Waals surface area (Å²) in [6.45, 7) is 4.10. The summed E-state index contributed by atoms with van der Waals surface area (Å²) in [5.41, 5.74) is 5.61. The lowest BCUT2D eigenvalue weighted by atomic mass is 10.2. The second-order valence-corrected chi connectivity index (χ2v) is 3.72. The molecule has 4 nitrogen and oxygen atoms in total. The van der Waals surface area contributed by atoms with Crippen LogP contribution in [0, 0.1) is 4.64 Å². The minimum Gasteiger partial charge on any atom is -0.382 e. The number of nitrogens with zero attached hydrogens (tertiary/aromatic N) is 1. The molecule has 0 aliphatic carbocycles. The first kappa shape index (κ1) is 12.9. The van der Waals surface area contributed by atoms with Crippen molar-refractivity contribution in [2.24, 2.45) is 5.73 Å². The average molecular weight is 240 g/mol. The summed E-state index contributed by atoms with van der Waals surface area (Å²) in [5, 5.41) is 0. The van der Waals surface area contributed by atoms with E-state index in [-0.39, 0.29) is 0 Å². The van der Waals surface area contributed by atoms with E-state index in [1.165, 1.54) is 0 Å². The van der Waals surface area contributed by atoms with Crippen molar-refractivity contribution in [3.63, 3.8) is 0 Å². The van der Waals surface area contributed by atoms with Crippen molar-refractivity contribution in [3.05, 3.63) is 28.5 Å². The number of carbonyl (C=O) groups excluding carboxylic acids is 1. The first-order valence-corrected chi connectivity index (χ1v) is 5.64. The molecule has 0 fully saturated rings. The van der Waals surface area contributed by atoms with Gasteiger partial charge in [0, 0.05) is 26.0 Å². The van der Waals surface area contributed by atoms with Crippen LogP contribution in [0.2, 0.25) is 0 Å². The van der Waals surface area contributed by atoms with E-state index < -0.39 is 5.91 Å². The molecule has 0 saturated heterocycles. The molecule has 0 bridgehead atoms. The summed E-state index contributed by atoms with van der Waals surface area (Å²) in [7, 11) is 0. The van der Waals surface area contributed by atoms with E-state index in [1.807, 2.05) is 17.7 Å². The van der Waals surface area contributed by atoms with Crippen molar-refractivity contribution >= 4 is 18.1 Å². The van der Waals surface area contributed by atoms with Gasteiger partial charge in [0.2, 0.25) is 0 Å². The first-order chi connectivity index (χ1) is 7.66. The fourth-order valence-electron chi connectivity index (χ4n) is 1.38. The van der Waals surface area contributed by atoms with Gasteiger partial charge in [-0.15, -0.1) is 0 Å². The van der Waals surface area contributed by atoms with Gasteiger partial charge in [0.25, 0.3) is 5.91 Å². The molecule has 1 heterocycles. The van der Waals surface area contributed by atoms with Crippen molar-refractivity contribution in [2.75, 3.05) is 13.2 Å². The van der Waals surface area contributed by atoms with E-state index in [0.29, 0.717) is 23.4 Å². The normalized spacial score (nSPS) is 10.3. The van der Waals surface area contributed by atoms with Gasteiger partial charge in [0.15, 0.2) is 0 Å². The Kier molecular flexibility index (Phi) is 5.14. The fraction of sp³-hybridized carbons (Fsp3) is 0.455. The van der Waals surface area contributed by atoms with Crippen molar-refractivity contribution in [2.45, 2.75) is 19.9 Å². The lowest BCUT2D eigenvalue weighted by Crippen LogP contribution is -2.15. The summed E-state index contributed by atoms with van der Waals surface area (Å²) >= 11 is 5.17. The summed E-state index contributed by atoms with van der Waals surface area (Å²) in [6.07, 6.45) is 2.71. The fourth-order valence-corrected chi connectivity index (χ4v) is 1.70. The Morgan fingerprint density at radius 3 is 3.00 bits per heavy atom. The highest BCUT2D eigenvalue weighted by Gasteiger charge is 2.04. The highest BCUT2D eigenvalue weighted by atomic mass is 32.1. The third-order valence-corrected chi connectivity index (χ3v) is 2.63. The van der Waals surface area contributed by atoms with Crippen LogP contribution in [0.4, 0.5) is 0 Å². The summed E-state index contributed by atoms with van der Waals surface area (Å²) in [5.74, 6) is -0.482. The minimum absolute atomic E-state index is 0.397. The Morgan fingerprint density at radius 1 is 1.62 bits per heavy atom. The van der Waals surface area contributed by atoms with Gasteiger partial charge >= 0.3 is 0 Å². The molecule has 16 heavy (non-hydrogen) atoms. The number of aromatic nitrogens is 1. The Balaban J connectivity index is 2.70. The zero-order valence-corrected chi connectivity index (χ0v) is 10.1. The van der Waals surface area contributed by atoms with Crippen LogP contribution in [-0.2, 0) is 11.3 Å². The standard InChI is InChI=1S/C11H16N2O2S/c1-2-15-8-4-7-13-6-3-5-9(10(12)14)11(13)16/h3,5-6H,2,4,7-8H2,1H3,(H2,12,14). The smallest absolute Gasteiger partial charge is 0.251 e. The maximum atomic E-state index is 11.1. The molecule has 0 spiro atoms. The van der Waals surface area contributed by atoms with E-state index in [9.17, 15) is 4.79 Å². The molecule has 2 N–H and O–H groups in total. The Bertz CT molecular complexity index is 415. The number of hydrogen-bond acceptors (Lipinski definition) is 3. The van der Waals surface area contributed by atoms with E-state index in [4.69, 9.17) is 22.7 Å². The Hall–Kier alpha value is -1.20. The zero-order chi connectivity index (χ0) is 12.0. The molecule has 0 aliphatic rings. The average Bonchev–Trinajstić information content (AvgIpc) is 2.26. The number of primary amides is 1. The molecule has 0 aromatic carbocycles. The van der Waals surface area contributed by atoms with Gasteiger partial charge in [-0.05, 0) is 25.5 Å². The maximum Gasteiger partial charge on any atom is 0.251 e. The molecule has 0 radical (unpaired) electrons. The first-order valence-electron chi connectivity index (χ1n) is 5.23. The molecular formula is C11H16N2O2S. The van der Waals surface area contributed by atoms with Gasteiger partial charge in [-0.3, -0.25) is 4.79 Å². The summed E-state index contributed by atoms with van der Waals surface area (Å²) in [6, 6.07) is 3.42. The Morgan fingerprint density at radius 2 is 2.38 bits per heavy atom. The third kappa shape index (κ3) is 3.43. The predicted octanol–water partition coefficient (Wildman–Crippen LogP) is 1.74. The van der Waals surface area contributed by atoms with Crippen molar-refractivity contribution < 1.29 is 9.53 Å². The number of ether oxygens (including phenoxy) is 1. The molecule has 0 unspecified atom stereocenters. The monoisotopic (exact) mass is 240 g/mol. The molecule has 0 aliphatic heterocycles. The highest BCUT2D eigenvalue weighted by Crippen LogP contribution is 2.04. The van der Waals surface area contributed by atoms with Gasteiger partial charge in [0.05, 0.1) is 5.56 Å². The van der Waals surface area contributed by atoms with Crippen LogP contribution >= 0.6 is 12.2 Å². The van der Waals surface area contributed by atoms with Gasteiger partial charge in [-0.25, -0.2) is 0 Å². The molecular weight excluding hydrogens is 224 g/mol. The Labute approximate surface area is 100 Å². The number of pyridine rings is 1. The molecule has 1 aromatic heterocycles. The second-order valence-electron chi connectivity index (χ2n) is 3.34. The summed E-state index contributed by atoms with van der Waals surface area (Å²) in [4.78, 5) is 11.1. The van der Waals surface area contributed by atoms with Crippen LogP contribution in [0.5, 0.6) is 0 Å². The van der Waals surface area contributed by atoms with Crippen molar-refractivity contribution in [3.8, 4) is 0 Å². The van der Waals surface area contributed by atoms with Gasteiger partial charge < -0.3 is 15.0 Å². The van der Waals surface area contributed by atoms with Crippen LogP contribution in [0.25, 0.3) is 0 Å². The second kappa shape index (κ2) is 6.40. The predicted molar refractivity (Wildman–Crippen MR) is 64.9 cm³/mol. The van der Waals surface area contributed by atoms with E-state index >= 15 is 0 Å². The number of nitrogens with two attached hydrogens (primary N) is 1. The number of amides is 1. The van der Waals surface area contributed by atoms with Gasteiger partial charge in [-0.1, -0.05) is 12.2 Å². The molecule has 0 saturated carbocycles. The maximum absolute atomic E-state index is 11.1.